The van der Waals surface area contributed by atoms with Crippen LogP contribution in [-0.4, -0.2) is 43.2 Å². The normalized spacial score (nSPS) is 18.9. The van der Waals surface area contributed by atoms with E-state index in [2.05, 4.69) is 30.3 Å². The Morgan fingerprint density at radius 3 is 2.67 bits per heavy atom. The highest BCUT2D eigenvalue weighted by Gasteiger charge is 2.23. The van der Waals surface area contributed by atoms with Gasteiger partial charge in [-0.05, 0) is 72.7 Å². The fourth-order valence-corrected chi connectivity index (χ4v) is 3.91. The summed E-state index contributed by atoms with van der Waals surface area (Å²) in [5.74, 6) is 0.842. The number of fused-ring (bicyclic) bond motifs is 1. The highest BCUT2D eigenvalue weighted by Crippen LogP contribution is 2.28. The molecule has 0 N–H and O–H groups in total. The number of carbonyl (C=O) groups is 1. The second kappa shape index (κ2) is 8.13. The van der Waals surface area contributed by atoms with E-state index in [-0.39, 0.29) is 5.91 Å². The molecule has 4 rings (SSSR count). The van der Waals surface area contributed by atoms with Crippen molar-refractivity contribution < 1.29 is 14.3 Å². The minimum atomic E-state index is -0.457. The smallest absolute Gasteiger partial charge is 0.263 e. The van der Waals surface area contributed by atoms with E-state index in [9.17, 15) is 4.79 Å². The lowest BCUT2D eigenvalue weighted by atomic mass is 9.98. The van der Waals surface area contributed by atoms with Gasteiger partial charge >= 0.3 is 0 Å². The molecule has 2 aromatic rings. The van der Waals surface area contributed by atoms with Gasteiger partial charge in [0.2, 0.25) is 0 Å². The summed E-state index contributed by atoms with van der Waals surface area (Å²) in [5, 5.41) is 2.31. The predicted octanol–water partition coefficient (Wildman–Crippen LogP) is 4.42. The number of carbonyl (C=O) groups excluding carboxylic acids is 1. The van der Waals surface area contributed by atoms with Crippen molar-refractivity contribution in [2.24, 2.45) is 0 Å². The van der Waals surface area contributed by atoms with Gasteiger partial charge in [-0.15, -0.1) is 0 Å². The first-order valence-electron chi connectivity index (χ1n) is 9.97. The first kappa shape index (κ1) is 18.1. The minimum absolute atomic E-state index is 0.0934. The van der Waals surface area contributed by atoms with Gasteiger partial charge in [0, 0.05) is 13.1 Å². The van der Waals surface area contributed by atoms with Crippen molar-refractivity contribution in [3.8, 4) is 5.75 Å². The summed E-state index contributed by atoms with van der Waals surface area (Å²) in [5.41, 5.74) is 2.57. The fourth-order valence-electron chi connectivity index (χ4n) is 3.91. The van der Waals surface area contributed by atoms with Crippen molar-refractivity contribution in [1.82, 2.24) is 4.90 Å². The summed E-state index contributed by atoms with van der Waals surface area (Å²) in [4.78, 5) is 14.5. The largest absolute Gasteiger partial charge is 0.481 e. The van der Waals surface area contributed by atoms with Gasteiger partial charge in [-0.25, -0.2) is 0 Å². The van der Waals surface area contributed by atoms with E-state index in [1.54, 1.807) is 0 Å². The SMILES string of the molecule is CC(Oc1ccc2ccc(C3=CCOCC3)cc2c1)C(=O)N1CCCCC1. The Balaban J connectivity index is 1.51. The molecule has 0 aliphatic carbocycles. The summed E-state index contributed by atoms with van der Waals surface area (Å²) >= 11 is 0. The average molecular weight is 365 g/mol. The van der Waals surface area contributed by atoms with Crippen LogP contribution in [-0.2, 0) is 9.53 Å². The molecule has 27 heavy (non-hydrogen) atoms. The Labute approximate surface area is 160 Å². The van der Waals surface area contributed by atoms with Crippen LogP contribution in [0, 0.1) is 0 Å². The van der Waals surface area contributed by atoms with E-state index in [0.717, 1.165) is 50.1 Å². The van der Waals surface area contributed by atoms with Crippen LogP contribution < -0.4 is 4.74 Å². The molecule has 0 radical (unpaired) electrons. The monoisotopic (exact) mass is 365 g/mol. The minimum Gasteiger partial charge on any atom is -0.481 e. The van der Waals surface area contributed by atoms with Gasteiger partial charge in [-0.3, -0.25) is 4.79 Å². The van der Waals surface area contributed by atoms with Crippen LogP contribution in [0.2, 0.25) is 0 Å². The van der Waals surface area contributed by atoms with Crippen molar-refractivity contribution in [3.63, 3.8) is 0 Å². The van der Waals surface area contributed by atoms with Crippen molar-refractivity contribution in [2.75, 3.05) is 26.3 Å². The van der Waals surface area contributed by atoms with Crippen molar-refractivity contribution in [2.45, 2.75) is 38.7 Å². The Kier molecular flexibility index (Phi) is 5.44. The second-order valence-electron chi connectivity index (χ2n) is 7.42. The van der Waals surface area contributed by atoms with E-state index in [0.29, 0.717) is 6.61 Å². The molecule has 2 aliphatic heterocycles. The van der Waals surface area contributed by atoms with Gasteiger partial charge in [0.05, 0.1) is 13.2 Å². The molecule has 4 heteroatoms. The number of likely N-dealkylation sites (tertiary alicyclic amines) is 1. The highest BCUT2D eigenvalue weighted by molar-refractivity contribution is 5.88. The molecule has 0 aromatic heterocycles. The summed E-state index contributed by atoms with van der Waals surface area (Å²) in [7, 11) is 0. The maximum absolute atomic E-state index is 12.6. The number of benzene rings is 2. The Morgan fingerprint density at radius 1 is 1.07 bits per heavy atom. The van der Waals surface area contributed by atoms with Crippen LogP contribution >= 0.6 is 0 Å². The zero-order chi connectivity index (χ0) is 18.6. The zero-order valence-corrected chi connectivity index (χ0v) is 15.9. The van der Waals surface area contributed by atoms with Crippen LogP contribution in [0.15, 0.2) is 42.5 Å². The average Bonchev–Trinajstić information content (AvgIpc) is 2.74. The van der Waals surface area contributed by atoms with E-state index < -0.39 is 6.10 Å². The fraction of sp³-hybridized carbons (Fsp3) is 0.435. The molecular weight excluding hydrogens is 338 g/mol. The van der Waals surface area contributed by atoms with Gasteiger partial charge < -0.3 is 14.4 Å². The third-order valence-electron chi connectivity index (χ3n) is 5.47. The quantitative estimate of drug-likeness (QED) is 0.805. The molecule has 0 bridgehead atoms. The molecule has 2 aromatic carbocycles. The van der Waals surface area contributed by atoms with Crippen LogP contribution in [0.5, 0.6) is 5.75 Å². The molecule has 1 atom stereocenters. The van der Waals surface area contributed by atoms with E-state index in [4.69, 9.17) is 9.47 Å². The molecular formula is C23H27NO3. The first-order chi connectivity index (χ1) is 13.2. The molecule has 0 spiro atoms. The molecule has 2 aliphatic rings. The number of hydrogen-bond acceptors (Lipinski definition) is 3. The number of nitrogens with zero attached hydrogens (tertiary/aromatic N) is 1. The Morgan fingerprint density at radius 2 is 1.89 bits per heavy atom. The van der Waals surface area contributed by atoms with Gasteiger partial charge in [0.25, 0.3) is 5.91 Å². The molecule has 4 nitrogen and oxygen atoms in total. The Bertz CT molecular complexity index is 852. The standard InChI is InChI=1S/C23H27NO3/c1-17(23(25)24-11-3-2-4-12-24)27-22-8-7-18-5-6-20(15-21(18)16-22)19-9-13-26-14-10-19/h5-9,15-17H,2-4,10-14H2,1H3. The van der Waals surface area contributed by atoms with E-state index in [1.165, 1.54) is 22.9 Å². The van der Waals surface area contributed by atoms with Crippen LogP contribution in [0.25, 0.3) is 16.3 Å². The first-order valence-corrected chi connectivity index (χ1v) is 9.97. The summed E-state index contributed by atoms with van der Waals surface area (Å²) in [6.45, 7) is 5.03. The molecule has 1 saturated heterocycles. The topological polar surface area (TPSA) is 38.8 Å². The third kappa shape index (κ3) is 4.16. The maximum atomic E-state index is 12.6. The van der Waals surface area contributed by atoms with Crippen molar-refractivity contribution in [3.05, 3.63) is 48.0 Å². The number of piperidine rings is 1. The van der Waals surface area contributed by atoms with Gasteiger partial charge in [0.1, 0.15) is 5.75 Å². The summed E-state index contributed by atoms with van der Waals surface area (Å²) < 4.78 is 11.4. The zero-order valence-electron chi connectivity index (χ0n) is 15.9. The molecule has 142 valence electrons. The third-order valence-corrected chi connectivity index (χ3v) is 5.47. The summed E-state index contributed by atoms with van der Waals surface area (Å²) in [6, 6.07) is 12.6. The lowest BCUT2D eigenvalue weighted by molar-refractivity contribution is -0.138. The molecule has 1 fully saturated rings. The molecule has 2 heterocycles. The molecule has 0 saturated carbocycles. The van der Waals surface area contributed by atoms with E-state index in [1.807, 2.05) is 24.0 Å². The Hall–Kier alpha value is -2.33. The number of hydrogen-bond donors (Lipinski definition) is 0. The number of rotatable bonds is 4. The lowest BCUT2D eigenvalue weighted by Crippen LogP contribution is -2.43. The van der Waals surface area contributed by atoms with Gasteiger partial charge in [-0.2, -0.15) is 0 Å². The maximum Gasteiger partial charge on any atom is 0.263 e. The molecule has 1 amide bonds. The van der Waals surface area contributed by atoms with Crippen molar-refractivity contribution >= 4 is 22.3 Å². The predicted molar refractivity (Wildman–Crippen MR) is 108 cm³/mol. The van der Waals surface area contributed by atoms with Crippen LogP contribution in [0.4, 0.5) is 0 Å². The lowest BCUT2D eigenvalue weighted by Gasteiger charge is -2.29. The second-order valence-corrected chi connectivity index (χ2v) is 7.42. The van der Waals surface area contributed by atoms with Gasteiger partial charge in [-0.1, -0.05) is 24.3 Å². The number of ether oxygens (including phenoxy) is 2. The highest BCUT2D eigenvalue weighted by atomic mass is 16.5. The van der Waals surface area contributed by atoms with Crippen molar-refractivity contribution in [1.29, 1.82) is 0 Å². The molecule has 1 unspecified atom stereocenters. The van der Waals surface area contributed by atoms with E-state index >= 15 is 0 Å². The number of amides is 1. The van der Waals surface area contributed by atoms with Gasteiger partial charge in [0.15, 0.2) is 6.10 Å². The summed E-state index contributed by atoms with van der Waals surface area (Å²) in [6.07, 6.45) is 6.06. The van der Waals surface area contributed by atoms with Crippen LogP contribution in [0.1, 0.15) is 38.2 Å². The van der Waals surface area contributed by atoms with Crippen LogP contribution in [0.3, 0.4) is 0 Å².